The lowest BCUT2D eigenvalue weighted by molar-refractivity contribution is 0.0787. The van der Waals surface area contributed by atoms with E-state index in [2.05, 4.69) is 15.3 Å². The highest BCUT2D eigenvalue weighted by Gasteiger charge is 2.33. The molecular formula is C14H18N4O3. The van der Waals surface area contributed by atoms with Crippen molar-refractivity contribution in [2.45, 2.75) is 39.5 Å². The Balaban J connectivity index is 1.76. The number of hydrogen-bond acceptors (Lipinski definition) is 6. The van der Waals surface area contributed by atoms with Crippen LogP contribution in [0.2, 0.25) is 0 Å². The summed E-state index contributed by atoms with van der Waals surface area (Å²) in [6.45, 7) is 6.79. The standard InChI is InChI=1S/C14H18N4O3/c1-4-11-12(8(2)20-17-11)14(19)18-6-5-10(7-18)13-15-9(3)16-21-13/h10H,4-7H2,1-3H3. The van der Waals surface area contributed by atoms with Crippen molar-refractivity contribution in [2.75, 3.05) is 13.1 Å². The van der Waals surface area contributed by atoms with Gasteiger partial charge >= 0.3 is 0 Å². The zero-order chi connectivity index (χ0) is 15.0. The van der Waals surface area contributed by atoms with Crippen molar-refractivity contribution < 1.29 is 13.8 Å². The molecule has 1 unspecified atom stereocenters. The first-order valence-electron chi connectivity index (χ1n) is 7.14. The van der Waals surface area contributed by atoms with Crippen molar-refractivity contribution in [3.8, 4) is 0 Å². The summed E-state index contributed by atoms with van der Waals surface area (Å²) in [5.41, 5.74) is 1.31. The number of likely N-dealkylation sites (tertiary alicyclic amines) is 1. The molecule has 0 radical (unpaired) electrons. The van der Waals surface area contributed by atoms with Crippen molar-refractivity contribution in [3.05, 3.63) is 28.7 Å². The minimum atomic E-state index is -0.0238. The fraction of sp³-hybridized carbons (Fsp3) is 0.571. The predicted octanol–water partition coefficient (Wildman–Crippen LogP) is 1.87. The van der Waals surface area contributed by atoms with Crippen LogP contribution in [0.5, 0.6) is 0 Å². The minimum absolute atomic E-state index is 0.0238. The molecule has 1 aliphatic rings. The van der Waals surface area contributed by atoms with E-state index < -0.39 is 0 Å². The summed E-state index contributed by atoms with van der Waals surface area (Å²) >= 11 is 0. The quantitative estimate of drug-likeness (QED) is 0.857. The summed E-state index contributed by atoms with van der Waals surface area (Å²) in [5.74, 6) is 1.90. The predicted molar refractivity (Wildman–Crippen MR) is 72.9 cm³/mol. The van der Waals surface area contributed by atoms with Crippen LogP contribution in [0.1, 0.15) is 52.8 Å². The molecule has 7 nitrogen and oxygen atoms in total. The van der Waals surface area contributed by atoms with Gasteiger partial charge in [0.05, 0.1) is 11.6 Å². The van der Waals surface area contributed by atoms with Gasteiger partial charge in [-0.2, -0.15) is 4.98 Å². The summed E-state index contributed by atoms with van der Waals surface area (Å²) in [7, 11) is 0. The molecule has 7 heteroatoms. The van der Waals surface area contributed by atoms with E-state index in [0.29, 0.717) is 42.5 Å². The second-order valence-electron chi connectivity index (χ2n) is 5.33. The average Bonchev–Trinajstić information content (AvgIpc) is 3.16. The minimum Gasteiger partial charge on any atom is -0.361 e. The Morgan fingerprint density at radius 2 is 2.14 bits per heavy atom. The summed E-state index contributed by atoms with van der Waals surface area (Å²) in [5, 5.41) is 7.75. The molecule has 1 amide bonds. The highest BCUT2D eigenvalue weighted by atomic mass is 16.5. The lowest BCUT2D eigenvalue weighted by atomic mass is 10.1. The highest BCUT2D eigenvalue weighted by molar-refractivity contribution is 5.96. The van der Waals surface area contributed by atoms with Gasteiger partial charge in [-0.15, -0.1) is 0 Å². The van der Waals surface area contributed by atoms with E-state index in [9.17, 15) is 4.79 Å². The molecule has 1 saturated heterocycles. The number of nitrogens with zero attached hydrogens (tertiary/aromatic N) is 4. The smallest absolute Gasteiger partial charge is 0.259 e. The molecule has 3 heterocycles. The molecule has 0 aliphatic carbocycles. The second-order valence-corrected chi connectivity index (χ2v) is 5.33. The van der Waals surface area contributed by atoms with Gasteiger partial charge in [-0.05, 0) is 26.7 Å². The lowest BCUT2D eigenvalue weighted by Crippen LogP contribution is -2.29. The third-order valence-corrected chi connectivity index (χ3v) is 3.85. The number of rotatable bonds is 3. The van der Waals surface area contributed by atoms with Crippen LogP contribution in [-0.4, -0.2) is 39.2 Å². The van der Waals surface area contributed by atoms with Crippen LogP contribution in [-0.2, 0) is 6.42 Å². The van der Waals surface area contributed by atoms with E-state index in [-0.39, 0.29) is 11.8 Å². The molecule has 3 rings (SSSR count). The molecule has 1 aliphatic heterocycles. The maximum absolute atomic E-state index is 12.6. The zero-order valence-corrected chi connectivity index (χ0v) is 12.4. The van der Waals surface area contributed by atoms with Gasteiger partial charge in [0.1, 0.15) is 11.3 Å². The molecule has 2 aromatic rings. The monoisotopic (exact) mass is 290 g/mol. The fourth-order valence-electron chi connectivity index (χ4n) is 2.72. The van der Waals surface area contributed by atoms with Crippen LogP contribution in [0.3, 0.4) is 0 Å². The molecule has 1 atom stereocenters. The number of carbonyl (C=O) groups excluding carboxylic acids is 1. The topological polar surface area (TPSA) is 85.3 Å². The van der Waals surface area contributed by atoms with Crippen LogP contribution in [0, 0.1) is 13.8 Å². The van der Waals surface area contributed by atoms with E-state index >= 15 is 0 Å². The fourth-order valence-corrected chi connectivity index (χ4v) is 2.72. The average molecular weight is 290 g/mol. The highest BCUT2D eigenvalue weighted by Crippen LogP contribution is 2.28. The van der Waals surface area contributed by atoms with Crippen LogP contribution >= 0.6 is 0 Å². The normalized spacial score (nSPS) is 18.4. The maximum atomic E-state index is 12.6. The first-order chi connectivity index (χ1) is 10.1. The zero-order valence-electron chi connectivity index (χ0n) is 12.4. The van der Waals surface area contributed by atoms with Gasteiger partial charge in [0.15, 0.2) is 5.82 Å². The molecule has 0 bridgehead atoms. The number of aromatic nitrogens is 3. The van der Waals surface area contributed by atoms with Crippen LogP contribution in [0.15, 0.2) is 9.05 Å². The van der Waals surface area contributed by atoms with E-state index in [1.54, 1.807) is 13.8 Å². The SMILES string of the molecule is CCc1noc(C)c1C(=O)N1CCC(c2nc(C)no2)C1. The molecule has 21 heavy (non-hydrogen) atoms. The van der Waals surface area contributed by atoms with Crippen molar-refractivity contribution in [2.24, 2.45) is 0 Å². The van der Waals surface area contributed by atoms with Gasteiger partial charge in [-0.25, -0.2) is 0 Å². The number of hydrogen-bond donors (Lipinski definition) is 0. The Kier molecular flexibility index (Phi) is 3.48. The van der Waals surface area contributed by atoms with Crippen molar-refractivity contribution in [1.82, 2.24) is 20.2 Å². The van der Waals surface area contributed by atoms with Crippen LogP contribution in [0.4, 0.5) is 0 Å². The van der Waals surface area contributed by atoms with Gasteiger partial charge in [0, 0.05) is 13.1 Å². The largest absolute Gasteiger partial charge is 0.361 e. The van der Waals surface area contributed by atoms with E-state index in [1.165, 1.54) is 0 Å². The first kappa shape index (κ1) is 13.8. The number of carbonyl (C=O) groups is 1. The third-order valence-electron chi connectivity index (χ3n) is 3.85. The molecule has 2 aromatic heterocycles. The van der Waals surface area contributed by atoms with Gasteiger partial charge < -0.3 is 13.9 Å². The Hall–Kier alpha value is -2.18. The van der Waals surface area contributed by atoms with Gasteiger partial charge in [0.25, 0.3) is 5.91 Å². The van der Waals surface area contributed by atoms with Gasteiger partial charge in [0.2, 0.25) is 5.89 Å². The van der Waals surface area contributed by atoms with Crippen molar-refractivity contribution in [1.29, 1.82) is 0 Å². The summed E-state index contributed by atoms with van der Waals surface area (Å²) in [6, 6.07) is 0. The van der Waals surface area contributed by atoms with E-state index in [1.807, 2.05) is 11.8 Å². The van der Waals surface area contributed by atoms with Crippen LogP contribution in [0.25, 0.3) is 0 Å². The van der Waals surface area contributed by atoms with Gasteiger partial charge in [-0.1, -0.05) is 17.2 Å². The van der Waals surface area contributed by atoms with Crippen molar-refractivity contribution >= 4 is 5.91 Å². The Bertz CT molecular complexity index is 661. The van der Waals surface area contributed by atoms with E-state index in [0.717, 1.165) is 12.1 Å². The molecule has 0 aromatic carbocycles. The Labute approximate surface area is 122 Å². The number of amides is 1. The maximum Gasteiger partial charge on any atom is 0.259 e. The Morgan fingerprint density at radius 1 is 1.33 bits per heavy atom. The van der Waals surface area contributed by atoms with E-state index in [4.69, 9.17) is 9.05 Å². The molecule has 0 spiro atoms. The van der Waals surface area contributed by atoms with Gasteiger partial charge in [-0.3, -0.25) is 4.79 Å². The lowest BCUT2D eigenvalue weighted by Gasteiger charge is -2.15. The molecule has 0 N–H and O–H groups in total. The summed E-state index contributed by atoms with van der Waals surface area (Å²) < 4.78 is 10.3. The molecule has 0 saturated carbocycles. The van der Waals surface area contributed by atoms with Crippen LogP contribution < -0.4 is 0 Å². The second kappa shape index (κ2) is 5.31. The molecule has 1 fully saturated rings. The first-order valence-corrected chi connectivity index (χ1v) is 7.14. The molecule has 112 valence electrons. The number of aryl methyl sites for hydroxylation is 3. The van der Waals surface area contributed by atoms with Crippen molar-refractivity contribution in [3.63, 3.8) is 0 Å². The summed E-state index contributed by atoms with van der Waals surface area (Å²) in [6.07, 6.45) is 1.51. The third kappa shape index (κ3) is 2.43. The molecular weight excluding hydrogens is 272 g/mol. The summed E-state index contributed by atoms with van der Waals surface area (Å²) in [4.78, 5) is 18.7. The Morgan fingerprint density at radius 3 is 2.81 bits per heavy atom.